The minimum Gasteiger partial charge on any atom is -0.256 e. The third-order valence-corrected chi connectivity index (χ3v) is 8.16. The van der Waals surface area contributed by atoms with Crippen LogP contribution >= 0.6 is 11.3 Å². The van der Waals surface area contributed by atoms with Gasteiger partial charge in [0, 0.05) is 34.7 Å². The lowest BCUT2D eigenvalue weighted by Gasteiger charge is -2.10. The predicted molar refractivity (Wildman–Crippen MR) is 143 cm³/mol. The lowest BCUT2D eigenvalue weighted by atomic mass is 9.95. The lowest BCUT2D eigenvalue weighted by Crippen LogP contribution is -1.99. The summed E-state index contributed by atoms with van der Waals surface area (Å²) in [7, 11) is 0. The molecule has 0 radical (unpaired) electrons. The number of benzene rings is 3. The standard InChI is InChI=1S/C31H29NS/c1-20-6-5-7-21(2)31(20)25-10-12-26-27-18-24(11-13-29(27)33-30(26)19-25)28-17-23(14-15-32-28)16-22-8-3-4-9-22/h5-7,10-15,17-19,22H,3-4,8-9,16H2,1-2H3/i16D2. The molecule has 0 bridgehead atoms. The molecule has 1 aliphatic rings. The van der Waals surface area contributed by atoms with E-state index in [1.165, 1.54) is 42.4 Å². The topological polar surface area (TPSA) is 12.9 Å². The van der Waals surface area contributed by atoms with Crippen LogP contribution in [0.15, 0.2) is 72.9 Å². The quantitative estimate of drug-likeness (QED) is 0.266. The molecule has 0 unspecified atom stereocenters. The molecular formula is C31H29NS. The Morgan fingerprint density at radius 3 is 2.45 bits per heavy atom. The normalized spacial score (nSPS) is 15.8. The fraction of sp³-hybridized carbons (Fsp3) is 0.258. The first-order valence-corrected chi connectivity index (χ1v) is 12.7. The van der Waals surface area contributed by atoms with Crippen LogP contribution in [0.1, 0.15) is 45.1 Å². The number of nitrogens with zero attached hydrogens (tertiary/aromatic N) is 1. The van der Waals surface area contributed by atoms with E-state index < -0.39 is 6.37 Å². The fourth-order valence-corrected chi connectivity index (χ4v) is 6.47. The van der Waals surface area contributed by atoms with Gasteiger partial charge < -0.3 is 0 Å². The minimum absolute atomic E-state index is 0.104. The zero-order valence-corrected chi connectivity index (χ0v) is 20.0. The van der Waals surface area contributed by atoms with Gasteiger partial charge in [-0.15, -0.1) is 11.3 Å². The van der Waals surface area contributed by atoms with E-state index in [9.17, 15) is 0 Å². The van der Waals surface area contributed by atoms with Crippen molar-refractivity contribution in [2.24, 2.45) is 5.92 Å². The molecule has 1 aliphatic carbocycles. The summed E-state index contributed by atoms with van der Waals surface area (Å²) in [5, 5.41) is 2.50. The molecule has 0 spiro atoms. The van der Waals surface area contributed by atoms with Crippen molar-refractivity contribution in [2.75, 3.05) is 0 Å². The van der Waals surface area contributed by atoms with Gasteiger partial charge in [-0.2, -0.15) is 0 Å². The average Bonchev–Trinajstić information content (AvgIpc) is 3.52. The van der Waals surface area contributed by atoms with Crippen molar-refractivity contribution in [3.05, 3.63) is 89.6 Å². The number of hydrogen-bond donors (Lipinski definition) is 0. The van der Waals surface area contributed by atoms with E-state index in [1.807, 2.05) is 23.5 Å². The second-order valence-electron chi connectivity index (χ2n) is 9.35. The van der Waals surface area contributed by atoms with Gasteiger partial charge in [0.1, 0.15) is 0 Å². The zero-order valence-electron chi connectivity index (χ0n) is 21.2. The maximum atomic E-state index is 8.80. The maximum Gasteiger partial charge on any atom is 0.0704 e. The Labute approximate surface area is 202 Å². The van der Waals surface area contributed by atoms with Gasteiger partial charge in [-0.25, -0.2) is 0 Å². The number of aromatic nitrogens is 1. The zero-order chi connectivity index (χ0) is 24.2. The third-order valence-electron chi connectivity index (χ3n) is 7.02. The van der Waals surface area contributed by atoms with Crippen LogP contribution in [0.4, 0.5) is 0 Å². The van der Waals surface area contributed by atoms with Gasteiger partial charge in [0.05, 0.1) is 5.69 Å². The van der Waals surface area contributed by atoms with Gasteiger partial charge in [0.15, 0.2) is 0 Å². The van der Waals surface area contributed by atoms with E-state index in [0.29, 0.717) is 0 Å². The van der Waals surface area contributed by atoms with Gasteiger partial charge >= 0.3 is 0 Å². The monoisotopic (exact) mass is 449 g/mol. The van der Waals surface area contributed by atoms with E-state index in [-0.39, 0.29) is 5.92 Å². The first-order valence-electron chi connectivity index (χ1n) is 12.9. The molecular weight excluding hydrogens is 418 g/mol. The molecule has 164 valence electrons. The van der Waals surface area contributed by atoms with Crippen LogP contribution in [0.25, 0.3) is 42.6 Å². The highest BCUT2D eigenvalue weighted by atomic mass is 32.1. The lowest BCUT2D eigenvalue weighted by molar-refractivity contribution is 0.546. The van der Waals surface area contributed by atoms with Gasteiger partial charge in [-0.05, 0) is 84.3 Å². The Morgan fingerprint density at radius 1 is 0.848 bits per heavy atom. The van der Waals surface area contributed by atoms with Crippen molar-refractivity contribution in [1.82, 2.24) is 4.98 Å². The summed E-state index contributed by atoms with van der Waals surface area (Å²) in [6.45, 7) is 4.36. The van der Waals surface area contributed by atoms with Crippen molar-refractivity contribution < 1.29 is 2.74 Å². The molecule has 3 aromatic carbocycles. The Bertz CT molecular complexity index is 1540. The predicted octanol–water partition coefficient (Wildman–Crippen LogP) is 9.13. The molecule has 6 rings (SSSR count). The smallest absolute Gasteiger partial charge is 0.0704 e. The highest BCUT2D eigenvalue weighted by Gasteiger charge is 2.16. The number of hydrogen-bond acceptors (Lipinski definition) is 2. The fourth-order valence-electron chi connectivity index (χ4n) is 5.35. The van der Waals surface area contributed by atoms with E-state index in [1.54, 1.807) is 6.20 Å². The Morgan fingerprint density at radius 2 is 1.64 bits per heavy atom. The first-order chi connectivity index (χ1) is 16.9. The van der Waals surface area contributed by atoms with Crippen molar-refractivity contribution in [3.63, 3.8) is 0 Å². The number of rotatable bonds is 4. The maximum absolute atomic E-state index is 8.80. The van der Waals surface area contributed by atoms with Crippen LogP contribution in [0.3, 0.4) is 0 Å². The Kier molecular flexibility index (Phi) is 4.71. The summed E-state index contributed by atoms with van der Waals surface area (Å²) in [6.07, 6.45) is 4.68. The van der Waals surface area contributed by atoms with Gasteiger partial charge in [0.2, 0.25) is 0 Å². The third kappa shape index (κ3) is 3.87. The molecule has 33 heavy (non-hydrogen) atoms. The van der Waals surface area contributed by atoms with Crippen molar-refractivity contribution >= 4 is 31.5 Å². The van der Waals surface area contributed by atoms with Crippen LogP contribution in [0.5, 0.6) is 0 Å². The molecule has 2 heterocycles. The minimum atomic E-state index is -1.31. The second-order valence-corrected chi connectivity index (χ2v) is 10.4. The SMILES string of the molecule is [2H]C([2H])(c1ccnc(-c2ccc3sc4cc(-c5c(C)cccc5C)ccc4c3c2)c1)C1CCCC1. The highest BCUT2D eigenvalue weighted by Crippen LogP contribution is 2.39. The van der Waals surface area contributed by atoms with Gasteiger partial charge in [0.25, 0.3) is 0 Å². The summed E-state index contributed by atoms with van der Waals surface area (Å²) < 4.78 is 20.2. The molecule has 0 N–H and O–H groups in total. The summed E-state index contributed by atoms with van der Waals surface area (Å²) >= 11 is 1.83. The van der Waals surface area contributed by atoms with Crippen LogP contribution in [0.2, 0.25) is 0 Å². The largest absolute Gasteiger partial charge is 0.256 e. The van der Waals surface area contributed by atoms with E-state index >= 15 is 0 Å². The summed E-state index contributed by atoms with van der Waals surface area (Å²) in [6, 6.07) is 23.7. The molecule has 2 heteroatoms. The number of aryl methyl sites for hydroxylation is 2. The Balaban J connectivity index is 1.41. The average molecular weight is 450 g/mol. The van der Waals surface area contributed by atoms with Crippen molar-refractivity contribution in [2.45, 2.75) is 45.9 Å². The molecule has 2 aromatic heterocycles. The summed E-state index contributed by atoms with van der Waals surface area (Å²) in [5.74, 6) is 0.104. The molecule has 1 nitrogen and oxygen atoms in total. The number of thiophene rings is 1. The van der Waals surface area contributed by atoms with E-state index in [4.69, 9.17) is 2.74 Å². The molecule has 0 atom stereocenters. The highest BCUT2D eigenvalue weighted by molar-refractivity contribution is 7.25. The molecule has 0 saturated heterocycles. The van der Waals surface area contributed by atoms with Crippen LogP contribution < -0.4 is 0 Å². The molecule has 0 amide bonds. The van der Waals surface area contributed by atoms with Gasteiger partial charge in [-0.1, -0.05) is 62.1 Å². The van der Waals surface area contributed by atoms with Crippen LogP contribution in [-0.2, 0) is 6.37 Å². The van der Waals surface area contributed by atoms with Crippen LogP contribution in [0, 0.1) is 19.8 Å². The van der Waals surface area contributed by atoms with E-state index in [2.05, 4.69) is 73.4 Å². The van der Waals surface area contributed by atoms with Crippen molar-refractivity contribution in [1.29, 1.82) is 0 Å². The van der Waals surface area contributed by atoms with Crippen molar-refractivity contribution in [3.8, 4) is 22.4 Å². The number of fused-ring (bicyclic) bond motifs is 3. The summed E-state index contributed by atoms with van der Waals surface area (Å²) in [4.78, 5) is 4.63. The van der Waals surface area contributed by atoms with Crippen LogP contribution in [-0.4, -0.2) is 4.98 Å². The van der Waals surface area contributed by atoms with Gasteiger partial charge in [-0.3, -0.25) is 4.98 Å². The molecule has 0 aliphatic heterocycles. The molecule has 1 saturated carbocycles. The molecule has 5 aromatic rings. The number of pyridine rings is 1. The second kappa shape index (κ2) is 8.43. The molecule has 1 fully saturated rings. The Hall–Kier alpha value is -2.97. The summed E-state index contributed by atoms with van der Waals surface area (Å²) in [5.41, 5.74) is 7.83. The van der Waals surface area contributed by atoms with E-state index in [0.717, 1.165) is 42.5 Å². The first kappa shape index (κ1) is 18.5.